The number of nitrogens with one attached hydrogen (secondary N) is 2. The van der Waals surface area contributed by atoms with E-state index >= 15 is 0 Å². The van der Waals surface area contributed by atoms with Crippen molar-refractivity contribution >= 4 is 40.9 Å². The largest absolute Gasteiger partial charge is 0.447 e. The second kappa shape index (κ2) is 7.77. The summed E-state index contributed by atoms with van der Waals surface area (Å²) in [6.45, 7) is 3.52. The fraction of sp³-hybridized carbons (Fsp3) is 0.917. The van der Waals surface area contributed by atoms with Crippen molar-refractivity contribution in [1.29, 1.82) is 0 Å². The topological polar surface area (TPSA) is 50.4 Å². The highest BCUT2D eigenvalue weighted by atomic mass is 35.6. The standard InChI is InChI=1S/C12H21Cl3N2O2/c1-8(2)19-11(18)17-10(12(13,14)15)16-9-6-4-3-5-7-9/h8-10,16H,3-7H2,1-2H3,(H,17,18). The summed E-state index contributed by atoms with van der Waals surface area (Å²) in [7, 11) is 0. The van der Waals surface area contributed by atoms with E-state index in [1.54, 1.807) is 13.8 Å². The smallest absolute Gasteiger partial charge is 0.408 e. The molecule has 1 saturated carbocycles. The van der Waals surface area contributed by atoms with Gasteiger partial charge in [-0.3, -0.25) is 5.32 Å². The summed E-state index contributed by atoms with van der Waals surface area (Å²) in [6, 6.07) is 0.258. The van der Waals surface area contributed by atoms with E-state index in [2.05, 4.69) is 10.6 Å². The van der Waals surface area contributed by atoms with Gasteiger partial charge < -0.3 is 10.1 Å². The fourth-order valence-electron chi connectivity index (χ4n) is 2.09. The van der Waals surface area contributed by atoms with Crippen LogP contribution in [0.25, 0.3) is 0 Å². The van der Waals surface area contributed by atoms with Crippen LogP contribution in [0.4, 0.5) is 4.79 Å². The normalized spacial score (nSPS) is 19.3. The van der Waals surface area contributed by atoms with E-state index in [1.807, 2.05) is 0 Å². The van der Waals surface area contributed by atoms with E-state index in [0.717, 1.165) is 25.7 Å². The van der Waals surface area contributed by atoms with Crippen LogP contribution < -0.4 is 10.6 Å². The van der Waals surface area contributed by atoms with E-state index in [1.165, 1.54) is 6.42 Å². The number of alkyl carbamates (subject to hydrolysis) is 1. The lowest BCUT2D eigenvalue weighted by Gasteiger charge is -2.32. The van der Waals surface area contributed by atoms with Gasteiger partial charge in [0.2, 0.25) is 3.79 Å². The zero-order valence-electron chi connectivity index (χ0n) is 11.2. The number of rotatable bonds is 4. The Morgan fingerprint density at radius 3 is 2.26 bits per heavy atom. The van der Waals surface area contributed by atoms with E-state index < -0.39 is 16.1 Å². The molecule has 1 unspecified atom stereocenters. The molecule has 4 nitrogen and oxygen atoms in total. The Morgan fingerprint density at radius 2 is 1.79 bits per heavy atom. The number of hydrogen-bond acceptors (Lipinski definition) is 3. The minimum atomic E-state index is -1.62. The third-order valence-electron chi connectivity index (χ3n) is 2.94. The molecule has 0 aromatic carbocycles. The summed E-state index contributed by atoms with van der Waals surface area (Å²) in [6.07, 6.45) is 4.03. The highest BCUT2D eigenvalue weighted by Crippen LogP contribution is 2.30. The maximum atomic E-state index is 11.6. The monoisotopic (exact) mass is 330 g/mol. The van der Waals surface area contributed by atoms with Gasteiger partial charge in [0.1, 0.15) is 6.17 Å². The van der Waals surface area contributed by atoms with Gasteiger partial charge in [0.25, 0.3) is 0 Å². The van der Waals surface area contributed by atoms with E-state index in [9.17, 15) is 4.79 Å². The van der Waals surface area contributed by atoms with Gasteiger partial charge in [0.05, 0.1) is 6.10 Å². The number of halogens is 3. The molecule has 0 aromatic rings. The highest BCUT2D eigenvalue weighted by Gasteiger charge is 2.36. The van der Waals surface area contributed by atoms with Gasteiger partial charge in [-0.25, -0.2) is 4.79 Å². The lowest BCUT2D eigenvalue weighted by Crippen LogP contribution is -2.57. The number of hydrogen-bond donors (Lipinski definition) is 2. The van der Waals surface area contributed by atoms with Gasteiger partial charge >= 0.3 is 6.09 Å². The Hall–Kier alpha value is 0.1000. The Balaban J connectivity index is 2.54. The Morgan fingerprint density at radius 1 is 1.21 bits per heavy atom. The highest BCUT2D eigenvalue weighted by molar-refractivity contribution is 6.68. The first-order valence-corrected chi connectivity index (χ1v) is 7.72. The van der Waals surface area contributed by atoms with Crippen molar-refractivity contribution in [2.45, 2.75) is 68.1 Å². The van der Waals surface area contributed by atoms with Crippen LogP contribution in [-0.4, -0.2) is 28.2 Å². The predicted octanol–water partition coefficient (Wildman–Crippen LogP) is 3.74. The third-order valence-corrected chi connectivity index (χ3v) is 3.59. The van der Waals surface area contributed by atoms with E-state index in [0.29, 0.717) is 0 Å². The first-order chi connectivity index (χ1) is 8.79. The molecule has 2 N–H and O–H groups in total. The molecule has 0 spiro atoms. The summed E-state index contributed by atoms with van der Waals surface area (Å²) in [5.74, 6) is 0. The Labute approximate surface area is 129 Å². The molecule has 0 heterocycles. The average Bonchev–Trinajstić information content (AvgIpc) is 2.27. The van der Waals surface area contributed by atoms with Crippen molar-refractivity contribution in [3.63, 3.8) is 0 Å². The average molecular weight is 332 g/mol. The van der Waals surface area contributed by atoms with Gasteiger partial charge in [0, 0.05) is 6.04 Å². The van der Waals surface area contributed by atoms with Crippen LogP contribution in [0.3, 0.4) is 0 Å². The molecule has 1 amide bonds. The fourth-order valence-corrected chi connectivity index (χ4v) is 2.44. The van der Waals surface area contributed by atoms with E-state index in [-0.39, 0.29) is 12.1 Å². The second-order valence-electron chi connectivity index (χ2n) is 5.07. The summed E-state index contributed by atoms with van der Waals surface area (Å²) < 4.78 is 3.38. The van der Waals surface area contributed by atoms with Crippen molar-refractivity contribution in [1.82, 2.24) is 10.6 Å². The Kier molecular flexibility index (Phi) is 7.01. The maximum Gasteiger partial charge on any atom is 0.408 e. The summed E-state index contributed by atoms with van der Waals surface area (Å²) in [5.41, 5.74) is 0. The molecule has 1 fully saturated rings. The zero-order chi connectivity index (χ0) is 14.5. The number of ether oxygens (including phenoxy) is 1. The molecule has 19 heavy (non-hydrogen) atoms. The molecule has 7 heteroatoms. The summed E-state index contributed by atoms with van der Waals surface area (Å²) >= 11 is 17.7. The summed E-state index contributed by atoms with van der Waals surface area (Å²) in [5, 5.41) is 5.76. The van der Waals surface area contributed by atoms with Crippen molar-refractivity contribution in [3.05, 3.63) is 0 Å². The van der Waals surface area contributed by atoms with Gasteiger partial charge in [-0.15, -0.1) is 0 Å². The molecule has 1 aliphatic rings. The van der Waals surface area contributed by atoms with Gasteiger partial charge in [0.15, 0.2) is 0 Å². The van der Waals surface area contributed by atoms with E-state index in [4.69, 9.17) is 39.5 Å². The molecule has 0 radical (unpaired) electrons. The molecule has 1 rings (SSSR count). The van der Waals surface area contributed by atoms with Gasteiger partial charge in [-0.2, -0.15) is 0 Å². The quantitative estimate of drug-likeness (QED) is 0.609. The number of alkyl halides is 3. The lowest BCUT2D eigenvalue weighted by molar-refractivity contribution is 0.109. The molecule has 0 aromatic heterocycles. The van der Waals surface area contributed by atoms with Crippen LogP contribution in [0.1, 0.15) is 46.0 Å². The van der Waals surface area contributed by atoms with Crippen LogP contribution in [0, 0.1) is 0 Å². The predicted molar refractivity (Wildman–Crippen MR) is 78.8 cm³/mol. The maximum absolute atomic E-state index is 11.6. The minimum Gasteiger partial charge on any atom is -0.447 e. The van der Waals surface area contributed by atoms with Crippen molar-refractivity contribution in [2.24, 2.45) is 0 Å². The lowest BCUT2D eigenvalue weighted by atomic mass is 9.95. The van der Waals surface area contributed by atoms with Crippen LogP contribution in [-0.2, 0) is 4.74 Å². The number of amides is 1. The number of carbonyl (C=O) groups is 1. The Bertz CT molecular complexity index is 289. The second-order valence-corrected chi connectivity index (χ2v) is 7.44. The van der Waals surface area contributed by atoms with Gasteiger partial charge in [-0.1, -0.05) is 54.1 Å². The van der Waals surface area contributed by atoms with Crippen molar-refractivity contribution in [3.8, 4) is 0 Å². The SMILES string of the molecule is CC(C)OC(=O)NC(NC1CCCCC1)C(Cl)(Cl)Cl. The van der Waals surface area contributed by atoms with Crippen LogP contribution >= 0.6 is 34.8 Å². The molecule has 0 saturated heterocycles. The van der Waals surface area contributed by atoms with Crippen LogP contribution in [0.5, 0.6) is 0 Å². The molecular formula is C12H21Cl3N2O2. The first-order valence-electron chi connectivity index (χ1n) is 6.59. The number of carbonyl (C=O) groups excluding carboxylic acids is 1. The third kappa shape index (κ3) is 6.89. The first kappa shape index (κ1) is 17.2. The van der Waals surface area contributed by atoms with Gasteiger partial charge in [-0.05, 0) is 26.7 Å². The molecule has 1 aliphatic carbocycles. The van der Waals surface area contributed by atoms with Crippen molar-refractivity contribution in [2.75, 3.05) is 0 Å². The summed E-state index contributed by atoms with van der Waals surface area (Å²) in [4.78, 5) is 11.6. The van der Waals surface area contributed by atoms with Crippen molar-refractivity contribution < 1.29 is 9.53 Å². The minimum absolute atomic E-state index is 0.217. The molecule has 0 bridgehead atoms. The molecule has 1 atom stereocenters. The van der Waals surface area contributed by atoms with Crippen LogP contribution in [0.2, 0.25) is 0 Å². The zero-order valence-corrected chi connectivity index (χ0v) is 13.5. The molecule has 0 aliphatic heterocycles. The van der Waals surface area contributed by atoms with Crippen LogP contribution in [0.15, 0.2) is 0 Å². The molecule has 112 valence electrons. The molecular weight excluding hydrogens is 311 g/mol.